The van der Waals surface area contributed by atoms with Gasteiger partial charge in [0.1, 0.15) is 5.82 Å². The lowest BCUT2D eigenvalue weighted by Crippen LogP contribution is -2.42. The van der Waals surface area contributed by atoms with E-state index < -0.39 is 5.60 Å². The van der Waals surface area contributed by atoms with Gasteiger partial charge in [-0.15, -0.1) is 0 Å². The molecule has 0 unspecified atom stereocenters. The molecule has 2 heterocycles. The zero-order valence-corrected chi connectivity index (χ0v) is 9.77. The van der Waals surface area contributed by atoms with Crippen LogP contribution in [-0.4, -0.2) is 40.8 Å². The largest absolute Gasteiger partial charge is 0.390 e. The van der Waals surface area contributed by atoms with Crippen LogP contribution < -0.4 is 10.2 Å². The van der Waals surface area contributed by atoms with Crippen molar-refractivity contribution in [2.45, 2.75) is 25.4 Å². The summed E-state index contributed by atoms with van der Waals surface area (Å²) in [6.07, 6.45) is 3.32. The van der Waals surface area contributed by atoms with Gasteiger partial charge < -0.3 is 15.3 Å². The molecule has 2 N–H and O–H groups in total. The summed E-state index contributed by atoms with van der Waals surface area (Å²) in [6.45, 7) is 3.57. The molecule has 1 fully saturated rings. The van der Waals surface area contributed by atoms with E-state index in [1.54, 1.807) is 13.2 Å². The van der Waals surface area contributed by atoms with Gasteiger partial charge in [-0.25, -0.2) is 4.98 Å². The zero-order chi connectivity index (χ0) is 11.6. The summed E-state index contributed by atoms with van der Waals surface area (Å²) < 4.78 is 0. The van der Waals surface area contributed by atoms with Gasteiger partial charge in [0.2, 0.25) is 5.95 Å². The molecule has 0 bridgehead atoms. The minimum absolute atomic E-state index is 0.518. The molecular weight excluding hydrogens is 204 g/mol. The SMILES string of the molecule is CNc1nccc(N2CCC(C)(O)CC2)n1. The van der Waals surface area contributed by atoms with Crippen LogP contribution in [-0.2, 0) is 0 Å². The number of nitrogens with zero attached hydrogens (tertiary/aromatic N) is 3. The Hall–Kier alpha value is -1.36. The van der Waals surface area contributed by atoms with Crippen molar-refractivity contribution in [1.29, 1.82) is 0 Å². The van der Waals surface area contributed by atoms with E-state index >= 15 is 0 Å². The van der Waals surface area contributed by atoms with Crippen LogP contribution in [0.5, 0.6) is 0 Å². The van der Waals surface area contributed by atoms with Crippen molar-refractivity contribution in [3.8, 4) is 0 Å². The molecule has 0 amide bonds. The Bertz CT molecular complexity index is 357. The van der Waals surface area contributed by atoms with E-state index in [2.05, 4.69) is 20.2 Å². The van der Waals surface area contributed by atoms with Crippen molar-refractivity contribution in [2.24, 2.45) is 0 Å². The highest BCUT2D eigenvalue weighted by molar-refractivity contribution is 5.42. The molecule has 0 aliphatic carbocycles. The van der Waals surface area contributed by atoms with Gasteiger partial charge in [0.15, 0.2) is 0 Å². The molecule has 1 aromatic heterocycles. The van der Waals surface area contributed by atoms with Crippen LogP contribution in [0.4, 0.5) is 11.8 Å². The summed E-state index contributed by atoms with van der Waals surface area (Å²) in [5.41, 5.74) is -0.518. The maximum atomic E-state index is 9.87. The van der Waals surface area contributed by atoms with E-state index in [0.29, 0.717) is 5.95 Å². The first-order valence-corrected chi connectivity index (χ1v) is 5.59. The molecule has 5 nitrogen and oxygen atoms in total. The van der Waals surface area contributed by atoms with Crippen LogP contribution in [0.15, 0.2) is 12.3 Å². The smallest absolute Gasteiger partial charge is 0.224 e. The number of piperidine rings is 1. The van der Waals surface area contributed by atoms with E-state index in [1.807, 2.05) is 13.0 Å². The normalized spacial score (nSPS) is 19.6. The zero-order valence-electron chi connectivity index (χ0n) is 9.77. The first-order chi connectivity index (χ1) is 7.61. The number of rotatable bonds is 2. The molecule has 0 radical (unpaired) electrons. The molecule has 5 heteroatoms. The fourth-order valence-electron chi connectivity index (χ4n) is 1.86. The van der Waals surface area contributed by atoms with Crippen molar-refractivity contribution in [3.63, 3.8) is 0 Å². The Balaban J connectivity index is 2.08. The van der Waals surface area contributed by atoms with Gasteiger partial charge in [0.05, 0.1) is 5.60 Å². The van der Waals surface area contributed by atoms with Crippen molar-refractivity contribution < 1.29 is 5.11 Å². The van der Waals surface area contributed by atoms with Gasteiger partial charge in [-0.1, -0.05) is 0 Å². The van der Waals surface area contributed by atoms with Crippen LogP contribution >= 0.6 is 0 Å². The Morgan fingerprint density at radius 3 is 2.75 bits per heavy atom. The van der Waals surface area contributed by atoms with Crippen LogP contribution in [0.2, 0.25) is 0 Å². The molecule has 0 spiro atoms. The highest BCUT2D eigenvalue weighted by Crippen LogP contribution is 2.24. The average molecular weight is 222 g/mol. The van der Waals surface area contributed by atoms with Gasteiger partial charge in [0.25, 0.3) is 0 Å². The number of hydrogen-bond donors (Lipinski definition) is 2. The lowest BCUT2D eigenvalue weighted by molar-refractivity contribution is 0.0350. The summed E-state index contributed by atoms with van der Waals surface area (Å²) in [7, 11) is 1.81. The van der Waals surface area contributed by atoms with Gasteiger partial charge in [-0.2, -0.15) is 4.98 Å². The van der Waals surface area contributed by atoms with Crippen LogP contribution in [0.1, 0.15) is 19.8 Å². The molecular formula is C11H18N4O. The second-order valence-corrected chi connectivity index (χ2v) is 4.47. The number of hydrogen-bond acceptors (Lipinski definition) is 5. The van der Waals surface area contributed by atoms with E-state index in [1.165, 1.54) is 0 Å². The topological polar surface area (TPSA) is 61.3 Å². The predicted octanol–water partition coefficient (Wildman–Crippen LogP) is 0.869. The Morgan fingerprint density at radius 1 is 1.44 bits per heavy atom. The van der Waals surface area contributed by atoms with Crippen molar-refractivity contribution in [3.05, 3.63) is 12.3 Å². The lowest BCUT2D eigenvalue weighted by atomic mass is 9.94. The third kappa shape index (κ3) is 2.41. The summed E-state index contributed by atoms with van der Waals surface area (Å²) in [5, 5.41) is 12.8. The molecule has 1 aliphatic rings. The van der Waals surface area contributed by atoms with Crippen molar-refractivity contribution >= 4 is 11.8 Å². The number of nitrogens with one attached hydrogen (secondary N) is 1. The van der Waals surface area contributed by atoms with Gasteiger partial charge in [0, 0.05) is 26.3 Å². The van der Waals surface area contributed by atoms with Crippen LogP contribution in [0, 0.1) is 0 Å². The quantitative estimate of drug-likeness (QED) is 0.777. The second-order valence-electron chi connectivity index (χ2n) is 4.47. The molecule has 1 aromatic rings. The van der Waals surface area contributed by atoms with E-state index in [-0.39, 0.29) is 0 Å². The summed E-state index contributed by atoms with van der Waals surface area (Å²) in [6, 6.07) is 1.90. The van der Waals surface area contributed by atoms with E-state index in [4.69, 9.17) is 0 Å². The number of anilines is 2. The first-order valence-electron chi connectivity index (χ1n) is 5.59. The Morgan fingerprint density at radius 2 is 2.12 bits per heavy atom. The number of aromatic nitrogens is 2. The van der Waals surface area contributed by atoms with Gasteiger partial charge >= 0.3 is 0 Å². The number of aliphatic hydroxyl groups is 1. The van der Waals surface area contributed by atoms with Crippen molar-refractivity contribution in [1.82, 2.24) is 9.97 Å². The van der Waals surface area contributed by atoms with Crippen LogP contribution in [0.25, 0.3) is 0 Å². The van der Waals surface area contributed by atoms with E-state index in [0.717, 1.165) is 31.7 Å². The maximum Gasteiger partial charge on any atom is 0.224 e. The monoisotopic (exact) mass is 222 g/mol. The molecule has 0 aromatic carbocycles. The fourth-order valence-corrected chi connectivity index (χ4v) is 1.86. The Kier molecular flexibility index (Phi) is 2.96. The first kappa shape index (κ1) is 11.1. The summed E-state index contributed by atoms with van der Waals surface area (Å²) >= 11 is 0. The molecule has 0 atom stereocenters. The maximum absolute atomic E-state index is 9.87. The minimum atomic E-state index is -0.518. The Labute approximate surface area is 95.5 Å². The molecule has 2 rings (SSSR count). The third-order valence-corrected chi connectivity index (χ3v) is 3.03. The highest BCUT2D eigenvalue weighted by atomic mass is 16.3. The van der Waals surface area contributed by atoms with Gasteiger partial charge in [-0.3, -0.25) is 0 Å². The standard InChI is InChI=1S/C11H18N4O/c1-11(16)4-7-15(8-5-11)9-3-6-13-10(12-2)14-9/h3,6,16H,4-5,7-8H2,1-2H3,(H,12,13,14). The van der Waals surface area contributed by atoms with E-state index in [9.17, 15) is 5.11 Å². The minimum Gasteiger partial charge on any atom is -0.390 e. The van der Waals surface area contributed by atoms with Gasteiger partial charge in [-0.05, 0) is 25.8 Å². The molecule has 0 saturated carbocycles. The summed E-state index contributed by atoms with van der Waals surface area (Å²) in [4.78, 5) is 10.6. The van der Waals surface area contributed by atoms with Crippen molar-refractivity contribution in [2.75, 3.05) is 30.4 Å². The third-order valence-electron chi connectivity index (χ3n) is 3.03. The molecule has 88 valence electrons. The molecule has 1 saturated heterocycles. The predicted molar refractivity (Wildman–Crippen MR) is 63.6 cm³/mol. The second kappa shape index (κ2) is 4.25. The van der Waals surface area contributed by atoms with Crippen LogP contribution in [0.3, 0.4) is 0 Å². The fraction of sp³-hybridized carbons (Fsp3) is 0.636. The highest BCUT2D eigenvalue weighted by Gasteiger charge is 2.27. The molecule has 16 heavy (non-hydrogen) atoms. The summed E-state index contributed by atoms with van der Waals surface area (Å²) in [5.74, 6) is 1.56. The molecule has 1 aliphatic heterocycles. The average Bonchev–Trinajstić information content (AvgIpc) is 2.29. The lowest BCUT2D eigenvalue weighted by Gasteiger charge is -2.36.